The Morgan fingerprint density at radius 2 is 1.87 bits per heavy atom. The average Bonchev–Trinajstić information content (AvgIpc) is 2.61. The van der Waals surface area contributed by atoms with Crippen LogP contribution in [-0.2, 0) is 4.79 Å². The Morgan fingerprint density at radius 1 is 1.20 bits per heavy atom. The van der Waals surface area contributed by atoms with E-state index >= 15 is 0 Å². The van der Waals surface area contributed by atoms with Gasteiger partial charge in [0, 0.05) is 5.02 Å². The van der Waals surface area contributed by atoms with Crippen LogP contribution in [-0.4, -0.2) is 11.8 Å². The van der Waals surface area contributed by atoms with Crippen molar-refractivity contribution in [3.8, 4) is 0 Å². The first kappa shape index (κ1) is 10.9. The molecular formula is C10H10Cl2N2O. The van der Waals surface area contributed by atoms with Crippen molar-refractivity contribution in [1.29, 1.82) is 0 Å². The van der Waals surface area contributed by atoms with E-state index in [1.165, 1.54) is 0 Å². The lowest BCUT2D eigenvalue weighted by molar-refractivity contribution is -0.111. The first-order chi connectivity index (χ1) is 7.22. The molecule has 3 unspecified atom stereocenters. The number of hydrazine groups is 1. The van der Waals surface area contributed by atoms with Gasteiger partial charge in [0.25, 0.3) is 0 Å². The Labute approximate surface area is 97.7 Å². The van der Waals surface area contributed by atoms with Crippen molar-refractivity contribution in [1.82, 2.24) is 10.9 Å². The van der Waals surface area contributed by atoms with Crippen LogP contribution in [0.1, 0.15) is 11.6 Å². The highest BCUT2D eigenvalue weighted by Crippen LogP contribution is 2.29. The van der Waals surface area contributed by atoms with Gasteiger partial charge >= 0.3 is 0 Å². The number of carbonyl (C=O) groups excluding carboxylic acids is 1. The summed E-state index contributed by atoms with van der Waals surface area (Å²) in [4.78, 5) is 10.9. The van der Waals surface area contributed by atoms with Gasteiger partial charge in [-0.3, -0.25) is 0 Å². The number of benzene rings is 1. The molecule has 15 heavy (non-hydrogen) atoms. The van der Waals surface area contributed by atoms with Crippen LogP contribution in [0.4, 0.5) is 0 Å². The van der Waals surface area contributed by atoms with Crippen LogP contribution in [0.25, 0.3) is 0 Å². The average molecular weight is 245 g/mol. The van der Waals surface area contributed by atoms with Gasteiger partial charge in [0.05, 0.1) is 12.0 Å². The predicted octanol–water partition coefficient (Wildman–Crippen LogP) is 1.87. The molecule has 0 aromatic heterocycles. The summed E-state index contributed by atoms with van der Waals surface area (Å²) in [5.41, 5.74) is 6.44. The van der Waals surface area contributed by atoms with Crippen molar-refractivity contribution in [3.05, 3.63) is 34.9 Å². The SMILES string of the molecule is O=CC1C(Cl)NNC1c1ccc(Cl)cc1. The van der Waals surface area contributed by atoms with Gasteiger partial charge in [-0.05, 0) is 17.7 Å². The summed E-state index contributed by atoms with van der Waals surface area (Å²) in [6, 6.07) is 7.26. The minimum absolute atomic E-state index is 0.0951. The predicted molar refractivity (Wildman–Crippen MR) is 59.7 cm³/mol. The molecule has 1 fully saturated rings. The van der Waals surface area contributed by atoms with Crippen LogP contribution in [0.5, 0.6) is 0 Å². The summed E-state index contributed by atoms with van der Waals surface area (Å²) in [6.45, 7) is 0. The van der Waals surface area contributed by atoms with E-state index in [4.69, 9.17) is 23.2 Å². The number of rotatable bonds is 2. The van der Waals surface area contributed by atoms with Crippen molar-refractivity contribution in [2.45, 2.75) is 11.5 Å². The van der Waals surface area contributed by atoms with Gasteiger partial charge in [0.15, 0.2) is 0 Å². The van der Waals surface area contributed by atoms with Crippen LogP contribution in [0.3, 0.4) is 0 Å². The van der Waals surface area contributed by atoms with Crippen molar-refractivity contribution in [2.24, 2.45) is 5.92 Å². The third-order valence-corrected chi connectivity index (χ3v) is 3.14. The normalized spacial score (nSPS) is 30.4. The Bertz CT molecular complexity index is 355. The number of hydrogen-bond acceptors (Lipinski definition) is 3. The van der Waals surface area contributed by atoms with Gasteiger partial charge in [-0.25, -0.2) is 10.9 Å². The van der Waals surface area contributed by atoms with Crippen molar-refractivity contribution >= 4 is 29.5 Å². The maximum absolute atomic E-state index is 10.9. The van der Waals surface area contributed by atoms with Gasteiger partial charge in [0.1, 0.15) is 11.8 Å². The maximum atomic E-state index is 10.9. The fraction of sp³-hybridized carbons (Fsp3) is 0.300. The van der Waals surface area contributed by atoms with Crippen LogP contribution in [0.15, 0.2) is 24.3 Å². The van der Waals surface area contributed by atoms with Gasteiger partial charge in [-0.2, -0.15) is 0 Å². The molecule has 0 saturated carbocycles. The zero-order valence-corrected chi connectivity index (χ0v) is 9.29. The second kappa shape index (κ2) is 4.49. The first-order valence-electron chi connectivity index (χ1n) is 4.58. The highest BCUT2D eigenvalue weighted by atomic mass is 35.5. The lowest BCUT2D eigenvalue weighted by Crippen LogP contribution is -2.27. The third kappa shape index (κ3) is 2.16. The number of halogens is 2. The molecule has 3 nitrogen and oxygen atoms in total. The van der Waals surface area contributed by atoms with E-state index in [1.54, 1.807) is 12.1 Å². The van der Waals surface area contributed by atoms with E-state index in [1.807, 2.05) is 12.1 Å². The molecular weight excluding hydrogens is 235 g/mol. The van der Waals surface area contributed by atoms with Crippen LogP contribution in [0.2, 0.25) is 5.02 Å². The van der Waals surface area contributed by atoms with Gasteiger partial charge < -0.3 is 4.79 Å². The lowest BCUT2D eigenvalue weighted by Gasteiger charge is -2.14. The molecule has 1 heterocycles. The highest BCUT2D eigenvalue weighted by Gasteiger charge is 2.35. The molecule has 5 heteroatoms. The van der Waals surface area contributed by atoms with Crippen molar-refractivity contribution in [2.75, 3.05) is 0 Å². The van der Waals surface area contributed by atoms with E-state index in [9.17, 15) is 4.79 Å². The number of aldehydes is 1. The standard InChI is InChI=1S/C10H10Cl2N2O/c11-7-3-1-6(2-4-7)9-8(5-15)10(12)14-13-9/h1-5,8-10,13-14H. The summed E-state index contributed by atoms with van der Waals surface area (Å²) in [6.07, 6.45) is 0.865. The molecule has 1 aromatic rings. The molecule has 3 atom stereocenters. The largest absolute Gasteiger partial charge is 0.303 e. The second-order valence-electron chi connectivity index (χ2n) is 3.43. The molecule has 0 radical (unpaired) electrons. The quantitative estimate of drug-likeness (QED) is 0.474. The van der Waals surface area contributed by atoms with Crippen molar-refractivity contribution in [3.63, 3.8) is 0 Å². The monoisotopic (exact) mass is 244 g/mol. The first-order valence-corrected chi connectivity index (χ1v) is 5.39. The zero-order chi connectivity index (χ0) is 10.8. The molecule has 80 valence electrons. The Morgan fingerprint density at radius 3 is 2.47 bits per heavy atom. The fourth-order valence-electron chi connectivity index (χ4n) is 1.65. The summed E-state index contributed by atoms with van der Waals surface area (Å²) in [7, 11) is 0. The summed E-state index contributed by atoms with van der Waals surface area (Å²) in [5, 5.41) is 0.676. The molecule has 0 aliphatic carbocycles. The molecule has 1 aliphatic heterocycles. The second-order valence-corrected chi connectivity index (χ2v) is 4.34. The molecule has 1 aromatic carbocycles. The van der Waals surface area contributed by atoms with Gasteiger partial charge in [-0.15, -0.1) is 11.6 Å². The maximum Gasteiger partial charge on any atom is 0.127 e. The van der Waals surface area contributed by atoms with E-state index in [0.717, 1.165) is 11.8 Å². The smallest absolute Gasteiger partial charge is 0.127 e. The number of hydrogen-bond donors (Lipinski definition) is 2. The lowest BCUT2D eigenvalue weighted by atomic mass is 9.96. The third-order valence-electron chi connectivity index (χ3n) is 2.49. The number of carbonyl (C=O) groups is 1. The van der Waals surface area contributed by atoms with Gasteiger partial charge in [0.2, 0.25) is 0 Å². The molecule has 2 rings (SSSR count). The molecule has 0 amide bonds. The van der Waals surface area contributed by atoms with Crippen LogP contribution in [0, 0.1) is 5.92 Å². The zero-order valence-electron chi connectivity index (χ0n) is 7.78. The highest BCUT2D eigenvalue weighted by molar-refractivity contribution is 6.30. The van der Waals surface area contributed by atoms with E-state index in [0.29, 0.717) is 5.02 Å². The molecule has 0 bridgehead atoms. The molecule has 2 N–H and O–H groups in total. The minimum Gasteiger partial charge on any atom is -0.303 e. The van der Waals surface area contributed by atoms with E-state index in [2.05, 4.69) is 10.9 Å². The summed E-state index contributed by atoms with van der Waals surface area (Å²) >= 11 is 11.7. The Hall–Kier alpha value is -0.610. The Balaban J connectivity index is 2.23. The fourth-order valence-corrected chi connectivity index (χ4v) is 2.05. The summed E-state index contributed by atoms with van der Waals surface area (Å²) < 4.78 is 0. The number of alkyl halides is 1. The van der Waals surface area contributed by atoms with Crippen LogP contribution >= 0.6 is 23.2 Å². The Kier molecular flexibility index (Phi) is 3.26. The number of nitrogens with one attached hydrogen (secondary N) is 2. The topological polar surface area (TPSA) is 41.1 Å². The summed E-state index contributed by atoms with van der Waals surface area (Å²) in [5.74, 6) is -0.271. The minimum atomic E-state index is -0.372. The van der Waals surface area contributed by atoms with E-state index < -0.39 is 0 Å². The van der Waals surface area contributed by atoms with Crippen LogP contribution < -0.4 is 10.9 Å². The van der Waals surface area contributed by atoms with E-state index in [-0.39, 0.29) is 17.5 Å². The molecule has 1 saturated heterocycles. The molecule has 0 spiro atoms. The van der Waals surface area contributed by atoms with Gasteiger partial charge in [-0.1, -0.05) is 23.7 Å². The van der Waals surface area contributed by atoms with Crippen molar-refractivity contribution < 1.29 is 4.79 Å². The molecule has 1 aliphatic rings.